The maximum absolute atomic E-state index is 14.7. The number of carbonyl (C=O) groups excluding carboxylic acids is 1. The van der Waals surface area contributed by atoms with E-state index in [1.165, 1.54) is 36.6 Å². The SMILES string of the molecule is Cc1c(C#N)sc2c1c(=O)n(C(C)(C)C(=O)OC(C)(C)C)c(=O)n2CC(OC1CCOCC1)c1cc(F)ccc1OCCF. The summed E-state index contributed by atoms with van der Waals surface area (Å²) in [4.78, 5) is 42.1. The molecule has 0 amide bonds. The number of hydrogen-bond acceptors (Lipinski definition) is 9. The molecule has 1 atom stereocenters. The third-order valence-corrected chi connectivity index (χ3v) is 8.52. The van der Waals surface area contributed by atoms with Crippen molar-refractivity contribution in [1.29, 1.82) is 5.26 Å². The predicted molar refractivity (Wildman–Crippen MR) is 161 cm³/mol. The van der Waals surface area contributed by atoms with E-state index in [2.05, 4.69) is 6.07 Å². The van der Waals surface area contributed by atoms with E-state index < -0.39 is 47.0 Å². The standard InChI is InChI=1S/C31H37F2N3O7S/c1-18-24(16-34)44-27-25(18)26(37)36(31(5,6)28(38)43-30(2,3)4)29(39)35(27)17-23(42-20-9-12-40-13-10-20)21-15-19(33)7-8-22(21)41-14-11-32/h7-8,15,20,23H,9-14,17H2,1-6H3. The van der Waals surface area contributed by atoms with E-state index >= 15 is 0 Å². The van der Waals surface area contributed by atoms with Crippen molar-refractivity contribution in [3.8, 4) is 11.8 Å². The summed E-state index contributed by atoms with van der Waals surface area (Å²) in [5.41, 5.74) is -3.63. The van der Waals surface area contributed by atoms with Gasteiger partial charge in [0.05, 0.1) is 18.0 Å². The Bertz CT molecular complexity index is 1690. The molecule has 3 heterocycles. The fourth-order valence-corrected chi connectivity index (χ4v) is 6.18. The highest BCUT2D eigenvalue weighted by Crippen LogP contribution is 2.35. The highest BCUT2D eigenvalue weighted by molar-refractivity contribution is 7.19. The molecule has 2 aromatic heterocycles. The Morgan fingerprint density at radius 3 is 2.50 bits per heavy atom. The number of nitriles is 1. The van der Waals surface area contributed by atoms with E-state index in [1.807, 2.05) is 0 Å². The monoisotopic (exact) mass is 633 g/mol. The lowest BCUT2D eigenvalue weighted by Gasteiger charge is -2.31. The normalized spacial score (nSPS) is 15.2. The van der Waals surface area contributed by atoms with Gasteiger partial charge in [0.15, 0.2) is 0 Å². The quantitative estimate of drug-likeness (QED) is 0.289. The third kappa shape index (κ3) is 6.87. The van der Waals surface area contributed by atoms with E-state index in [4.69, 9.17) is 18.9 Å². The number of fused-ring (bicyclic) bond motifs is 1. The summed E-state index contributed by atoms with van der Waals surface area (Å²) in [6, 6.07) is 5.83. The smallest absolute Gasteiger partial charge is 0.333 e. The number of aromatic nitrogens is 2. The van der Waals surface area contributed by atoms with Crippen molar-refractivity contribution in [3.63, 3.8) is 0 Å². The summed E-state index contributed by atoms with van der Waals surface area (Å²) in [6.45, 7) is 9.04. The van der Waals surface area contributed by atoms with E-state index in [0.717, 1.165) is 15.9 Å². The zero-order valence-electron chi connectivity index (χ0n) is 25.7. The van der Waals surface area contributed by atoms with Gasteiger partial charge < -0.3 is 18.9 Å². The van der Waals surface area contributed by atoms with Gasteiger partial charge in [0.25, 0.3) is 5.56 Å². The summed E-state index contributed by atoms with van der Waals surface area (Å²) < 4.78 is 53.0. The van der Waals surface area contributed by atoms with Crippen molar-refractivity contribution in [2.24, 2.45) is 0 Å². The minimum Gasteiger partial charge on any atom is -0.490 e. The number of rotatable bonds is 10. The maximum atomic E-state index is 14.7. The minimum absolute atomic E-state index is 0.0979. The van der Waals surface area contributed by atoms with Crippen LogP contribution in [0.1, 0.15) is 69.6 Å². The summed E-state index contributed by atoms with van der Waals surface area (Å²) in [5.74, 6) is -1.22. The Labute approximate surface area is 257 Å². The molecule has 44 heavy (non-hydrogen) atoms. The van der Waals surface area contributed by atoms with Crippen LogP contribution in [0.4, 0.5) is 8.78 Å². The van der Waals surface area contributed by atoms with Crippen LogP contribution >= 0.6 is 11.3 Å². The number of benzene rings is 1. The lowest BCUT2D eigenvalue weighted by Crippen LogP contribution is -2.54. The van der Waals surface area contributed by atoms with Crippen molar-refractivity contribution < 1.29 is 32.5 Å². The summed E-state index contributed by atoms with van der Waals surface area (Å²) in [6.07, 6.45) is -0.244. The van der Waals surface area contributed by atoms with Crippen molar-refractivity contribution in [2.75, 3.05) is 26.5 Å². The first-order valence-corrected chi connectivity index (χ1v) is 15.2. The predicted octanol–water partition coefficient (Wildman–Crippen LogP) is 4.91. The van der Waals surface area contributed by atoms with Gasteiger partial charge >= 0.3 is 11.7 Å². The van der Waals surface area contributed by atoms with Gasteiger partial charge in [-0.2, -0.15) is 5.26 Å². The number of halogens is 2. The minimum atomic E-state index is -1.75. The highest BCUT2D eigenvalue weighted by Gasteiger charge is 2.39. The molecule has 1 unspecified atom stereocenters. The lowest BCUT2D eigenvalue weighted by atomic mass is 10.0. The molecule has 3 aromatic rings. The molecule has 0 aliphatic carbocycles. The van der Waals surface area contributed by atoms with Gasteiger partial charge in [0.1, 0.15) is 57.9 Å². The van der Waals surface area contributed by atoms with Crippen LogP contribution in [0.3, 0.4) is 0 Å². The molecule has 1 saturated heterocycles. The number of nitrogens with zero attached hydrogens (tertiary/aromatic N) is 3. The summed E-state index contributed by atoms with van der Waals surface area (Å²) in [5, 5.41) is 9.90. The van der Waals surface area contributed by atoms with Crippen molar-refractivity contribution >= 4 is 27.5 Å². The van der Waals surface area contributed by atoms with Crippen molar-refractivity contribution in [1.82, 2.24) is 9.13 Å². The van der Waals surface area contributed by atoms with Gasteiger partial charge in [0, 0.05) is 18.8 Å². The third-order valence-electron chi connectivity index (χ3n) is 7.30. The Balaban J connectivity index is 1.97. The van der Waals surface area contributed by atoms with Crippen LogP contribution in [-0.4, -0.2) is 53.3 Å². The zero-order chi connectivity index (χ0) is 32.4. The number of carbonyl (C=O) groups is 1. The summed E-state index contributed by atoms with van der Waals surface area (Å²) in [7, 11) is 0. The molecule has 0 saturated carbocycles. The topological polar surface area (TPSA) is 122 Å². The Hall–Kier alpha value is -3.60. The van der Waals surface area contributed by atoms with Crippen LogP contribution in [0.2, 0.25) is 0 Å². The number of alkyl halides is 1. The van der Waals surface area contributed by atoms with Gasteiger partial charge in [-0.25, -0.2) is 22.9 Å². The van der Waals surface area contributed by atoms with Crippen LogP contribution in [0.5, 0.6) is 5.75 Å². The molecule has 1 aromatic carbocycles. The Morgan fingerprint density at radius 2 is 1.89 bits per heavy atom. The first-order valence-electron chi connectivity index (χ1n) is 14.3. The maximum Gasteiger partial charge on any atom is 0.333 e. The van der Waals surface area contributed by atoms with Gasteiger partial charge in [-0.05, 0) is 78.1 Å². The van der Waals surface area contributed by atoms with Gasteiger partial charge in [-0.3, -0.25) is 9.36 Å². The molecule has 13 heteroatoms. The number of ether oxygens (including phenoxy) is 4. The van der Waals surface area contributed by atoms with Crippen LogP contribution in [-0.2, 0) is 31.1 Å². The second-order valence-electron chi connectivity index (χ2n) is 12.1. The second kappa shape index (κ2) is 13.2. The fourth-order valence-electron chi connectivity index (χ4n) is 5.08. The lowest BCUT2D eigenvalue weighted by molar-refractivity contribution is -0.164. The average Bonchev–Trinajstić information content (AvgIpc) is 3.29. The second-order valence-corrected chi connectivity index (χ2v) is 13.1. The molecule has 0 radical (unpaired) electrons. The molecular formula is C31H37F2N3O7S. The molecule has 1 aliphatic rings. The average molecular weight is 634 g/mol. The molecule has 238 valence electrons. The summed E-state index contributed by atoms with van der Waals surface area (Å²) >= 11 is 0.963. The van der Waals surface area contributed by atoms with Crippen LogP contribution in [0.25, 0.3) is 10.2 Å². The van der Waals surface area contributed by atoms with Gasteiger partial charge in [-0.1, -0.05) is 0 Å². The number of thiophene rings is 1. The van der Waals surface area contributed by atoms with Crippen LogP contribution in [0, 0.1) is 24.1 Å². The Kier molecular flexibility index (Phi) is 9.97. The van der Waals surface area contributed by atoms with Crippen LogP contribution in [0.15, 0.2) is 27.8 Å². The van der Waals surface area contributed by atoms with Gasteiger partial charge in [-0.15, -0.1) is 11.3 Å². The van der Waals surface area contributed by atoms with Crippen molar-refractivity contribution in [3.05, 3.63) is 60.9 Å². The fraction of sp³-hybridized carbons (Fsp3) is 0.548. The molecular weight excluding hydrogens is 596 g/mol. The van der Waals surface area contributed by atoms with E-state index in [0.29, 0.717) is 31.6 Å². The molecule has 0 bridgehead atoms. The molecule has 1 fully saturated rings. The molecule has 0 spiro atoms. The van der Waals surface area contributed by atoms with Crippen LogP contribution < -0.4 is 16.0 Å². The molecule has 1 aliphatic heterocycles. The largest absolute Gasteiger partial charge is 0.490 e. The van der Waals surface area contributed by atoms with Crippen molar-refractivity contribution in [2.45, 2.75) is 84.3 Å². The highest BCUT2D eigenvalue weighted by atomic mass is 32.1. The van der Waals surface area contributed by atoms with E-state index in [9.17, 15) is 28.4 Å². The Morgan fingerprint density at radius 1 is 1.20 bits per heavy atom. The molecule has 0 N–H and O–H groups in total. The number of hydrogen-bond donors (Lipinski definition) is 0. The van der Waals surface area contributed by atoms with E-state index in [1.54, 1.807) is 27.7 Å². The number of aryl methyl sites for hydroxylation is 1. The number of esters is 1. The van der Waals surface area contributed by atoms with Gasteiger partial charge in [0.2, 0.25) is 0 Å². The zero-order valence-corrected chi connectivity index (χ0v) is 26.5. The molecule has 10 nitrogen and oxygen atoms in total. The van der Waals surface area contributed by atoms with E-state index in [-0.39, 0.29) is 45.7 Å². The first-order chi connectivity index (χ1) is 20.7. The molecule has 4 rings (SSSR count). The first kappa shape index (κ1) is 33.3.